The topological polar surface area (TPSA) is 43.9 Å². The molecule has 1 atom stereocenters. The normalized spacial score (nSPS) is 18.9. The molecule has 28 heavy (non-hydrogen) atoms. The maximum atomic E-state index is 14.0. The van der Waals surface area contributed by atoms with Crippen LogP contribution in [0.5, 0.6) is 0 Å². The molecular weight excluding hydrogens is 357 g/mol. The van der Waals surface area contributed by atoms with E-state index in [2.05, 4.69) is 0 Å². The van der Waals surface area contributed by atoms with Crippen molar-refractivity contribution in [3.05, 3.63) is 59.9 Å². The molecule has 0 aliphatic carbocycles. The van der Waals surface area contributed by atoms with Crippen molar-refractivity contribution in [1.82, 2.24) is 4.90 Å². The third-order valence-electron chi connectivity index (χ3n) is 5.62. The number of piperazine rings is 1. The van der Waals surface area contributed by atoms with Crippen molar-refractivity contribution in [3.63, 3.8) is 0 Å². The number of amides is 2. The molecule has 0 unspecified atom stereocenters. The van der Waals surface area contributed by atoms with Gasteiger partial charge < -0.3 is 9.80 Å². The highest BCUT2D eigenvalue weighted by Crippen LogP contribution is 2.33. The third kappa shape index (κ3) is 3.23. The number of rotatable bonds is 3. The minimum absolute atomic E-state index is 0.0221. The molecule has 2 aliphatic heterocycles. The van der Waals surface area contributed by atoms with Gasteiger partial charge in [-0.05, 0) is 23.8 Å². The molecule has 0 radical (unpaired) electrons. The average Bonchev–Trinajstić information content (AvgIpc) is 3.13. The summed E-state index contributed by atoms with van der Waals surface area (Å²) >= 11 is 0. The van der Waals surface area contributed by atoms with Gasteiger partial charge in [0, 0.05) is 44.7 Å². The summed E-state index contributed by atoms with van der Waals surface area (Å²) < 4.78 is 14.0. The summed E-state index contributed by atoms with van der Waals surface area (Å²) in [6.07, 6.45) is 0.910. The SMILES string of the molecule is CCC(=O)N1c2ccccc2C[C@@H]1C(=O)N1CCN(c2ccccc2F)CC1. The van der Waals surface area contributed by atoms with Gasteiger partial charge in [0.2, 0.25) is 11.8 Å². The number of nitrogens with zero attached hydrogens (tertiary/aromatic N) is 3. The van der Waals surface area contributed by atoms with Crippen molar-refractivity contribution in [1.29, 1.82) is 0 Å². The molecular formula is C22H24FN3O2. The van der Waals surface area contributed by atoms with Crippen molar-refractivity contribution >= 4 is 23.2 Å². The van der Waals surface area contributed by atoms with Crippen LogP contribution < -0.4 is 9.80 Å². The van der Waals surface area contributed by atoms with E-state index >= 15 is 0 Å². The Labute approximate surface area is 164 Å². The average molecular weight is 381 g/mol. The highest BCUT2D eigenvalue weighted by molar-refractivity contribution is 6.03. The molecule has 146 valence electrons. The number of fused-ring (bicyclic) bond motifs is 1. The van der Waals surface area contributed by atoms with E-state index in [0.717, 1.165) is 11.3 Å². The predicted molar refractivity (Wildman–Crippen MR) is 107 cm³/mol. The minimum Gasteiger partial charge on any atom is -0.366 e. The van der Waals surface area contributed by atoms with Crippen molar-refractivity contribution in [2.45, 2.75) is 25.8 Å². The number of halogens is 1. The van der Waals surface area contributed by atoms with Crippen LogP contribution in [-0.2, 0) is 16.0 Å². The largest absolute Gasteiger partial charge is 0.366 e. The van der Waals surface area contributed by atoms with E-state index in [0.29, 0.717) is 44.7 Å². The van der Waals surface area contributed by atoms with Gasteiger partial charge in [-0.1, -0.05) is 37.3 Å². The first-order valence-electron chi connectivity index (χ1n) is 9.78. The predicted octanol–water partition coefficient (Wildman–Crippen LogP) is 2.84. The Morgan fingerprint density at radius 1 is 0.964 bits per heavy atom. The molecule has 0 saturated carbocycles. The Balaban J connectivity index is 1.48. The van der Waals surface area contributed by atoms with Gasteiger partial charge >= 0.3 is 0 Å². The van der Waals surface area contributed by atoms with Gasteiger partial charge in [-0.2, -0.15) is 0 Å². The van der Waals surface area contributed by atoms with Gasteiger partial charge in [0.15, 0.2) is 0 Å². The molecule has 2 amide bonds. The van der Waals surface area contributed by atoms with E-state index in [1.165, 1.54) is 6.07 Å². The number of benzene rings is 2. The molecule has 5 nitrogen and oxygen atoms in total. The van der Waals surface area contributed by atoms with Gasteiger partial charge in [0.25, 0.3) is 0 Å². The fraction of sp³-hybridized carbons (Fsp3) is 0.364. The fourth-order valence-corrected chi connectivity index (χ4v) is 4.15. The summed E-state index contributed by atoms with van der Waals surface area (Å²) in [6.45, 7) is 4.02. The maximum absolute atomic E-state index is 14.0. The van der Waals surface area contributed by atoms with Crippen LogP contribution in [0.15, 0.2) is 48.5 Å². The third-order valence-corrected chi connectivity index (χ3v) is 5.62. The van der Waals surface area contributed by atoms with E-state index < -0.39 is 6.04 Å². The van der Waals surface area contributed by atoms with Crippen LogP contribution in [-0.4, -0.2) is 48.9 Å². The molecule has 2 aromatic carbocycles. The summed E-state index contributed by atoms with van der Waals surface area (Å²) in [7, 11) is 0. The number of hydrogen-bond donors (Lipinski definition) is 0. The summed E-state index contributed by atoms with van der Waals surface area (Å²) in [5.41, 5.74) is 2.45. The number of hydrogen-bond acceptors (Lipinski definition) is 3. The molecule has 6 heteroatoms. The lowest BCUT2D eigenvalue weighted by Gasteiger charge is -2.38. The molecule has 1 fully saturated rings. The summed E-state index contributed by atoms with van der Waals surface area (Å²) in [4.78, 5) is 31.3. The Morgan fingerprint density at radius 3 is 2.29 bits per heavy atom. The second kappa shape index (κ2) is 7.62. The number of para-hydroxylation sites is 2. The number of carbonyl (C=O) groups is 2. The lowest BCUT2D eigenvalue weighted by atomic mass is 10.1. The first-order valence-corrected chi connectivity index (χ1v) is 9.78. The maximum Gasteiger partial charge on any atom is 0.246 e. The zero-order valence-corrected chi connectivity index (χ0v) is 16.0. The Bertz CT molecular complexity index is 893. The molecule has 0 spiro atoms. The van der Waals surface area contributed by atoms with Crippen LogP contribution in [0.2, 0.25) is 0 Å². The smallest absolute Gasteiger partial charge is 0.246 e. The minimum atomic E-state index is -0.482. The lowest BCUT2D eigenvalue weighted by molar-refractivity contribution is -0.134. The first-order chi connectivity index (χ1) is 13.6. The van der Waals surface area contributed by atoms with Crippen molar-refractivity contribution in [2.24, 2.45) is 0 Å². The molecule has 0 N–H and O–H groups in total. The number of anilines is 2. The molecule has 0 aromatic heterocycles. The Hall–Kier alpha value is -2.89. The number of carbonyl (C=O) groups excluding carboxylic acids is 2. The van der Waals surface area contributed by atoms with E-state index in [4.69, 9.17) is 0 Å². The summed E-state index contributed by atoms with van der Waals surface area (Å²) in [6, 6.07) is 14.0. The Morgan fingerprint density at radius 2 is 1.61 bits per heavy atom. The van der Waals surface area contributed by atoms with E-state index in [1.54, 1.807) is 17.0 Å². The zero-order chi connectivity index (χ0) is 19.7. The van der Waals surface area contributed by atoms with E-state index in [-0.39, 0.29) is 17.6 Å². The highest BCUT2D eigenvalue weighted by Gasteiger charge is 2.40. The lowest BCUT2D eigenvalue weighted by Crippen LogP contribution is -2.55. The van der Waals surface area contributed by atoms with Crippen LogP contribution in [0, 0.1) is 5.82 Å². The van der Waals surface area contributed by atoms with E-state index in [1.807, 2.05) is 47.1 Å². The fourth-order valence-electron chi connectivity index (χ4n) is 4.15. The first kappa shape index (κ1) is 18.5. The molecule has 2 aromatic rings. The van der Waals surface area contributed by atoms with Crippen LogP contribution in [0.25, 0.3) is 0 Å². The second-order valence-electron chi connectivity index (χ2n) is 7.23. The van der Waals surface area contributed by atoms with Gasteiger partial charge in [-0.3, -0.25) is 14.5 Å². The monoisotopic (exact) mass is 381 g/mol. The van der Waals surface area contributed by atoms with Crippen molar-refractivity contribution in [3.8, 4) is 0 Å². The van der Waals surface area contributed by atoms with Gasteiger partial charge in [0.1, 0.15) is 11.9 Å². The van der Waals surface area contributed by atoms with Gasteiger partial charge in [0.05, 0.1) is 5.69 Å². The Kier molecular flexibility index (Phi) is 5.03. The molecule has 4 rings (SSSR count). The van der Waals surface area contributed by atoms with Gasteiger partial charge in [-0.15, -0.1) is 0 Å². The van der Waals surface area contributed by atoms with Crippen LogP contribution in [0.1, 0.15) is 18.9 Å². The molecule has 2 aliphatic rings. The van der Waals surface area contributed by atoms with Crippen molar-refractivity contribution < 1.29 is 14.0 Å². The van der Waals surface area contributed by atoms with Gasteiger partial charge in [-0.25, -0.2) is 4.39 Å². The zero-order valence-electron chi connectivity index (χ0n) is 16.0. The quantitative estimate of drug-likeness (QED) is 0.821. The standard InChI is InChI=1S/C22H24FN3O2/c1-2-21(27)26-18-9-5-3-7-16(18)15-20(26)22(28)25-13-11-24(12-14-25)19-10-6-4-8-17(19)23/h3-10,20H,2,11-15H2,1H3/t20-/m1/s1. The second-order valence-corrected chi connectivity index (χ2v) is 7.23. The molecule has 2 heterocycles. The van der Waals surface area contributed by atoms with Crippen LogP contribution in [0.4, 0.5) is 15.8 Å². The van der Waals surface area contributed by atoms with Crippen LogP contribution in [0.3, 0.4) is 0 Å². The molecule has 1 saturated heterocycles. The van der Waals surface area contributed by atoms with E-state index in [9.17, 15) is 14.0 Å². The van der Waals surface area contributed by atoms with Crippen molar-refractivity contribution in [2.75, 3.05) is 36.0 Å². The summed E-state index contributed by atoms with van der Waals surface area (Å²) in [5.74, 6) is -0.298. The summed E-state index contributed by atoms with van der Waals surface area (Å²) in [5, 5.41) is 0. The van der Waals surface area contributed by atoms with Crippen LogP contribution >= 0.6 is 0 Å². The highest BCUT2D eigenvalue weighted by atomic mass is 19.1. The molecule has 0 bridgehead atoms.